The molecule has 1 heterocycles. The van der Waals surface area contributed by atoms with E-state index in [1.54, 1.807) is 0 Å². The van der Waals surface area contributed by atoms with Crippen molar-refractivity contribution < 1.29 is 10.3 Å². The molecule has 1 N–H and O–H groups in total. The Kier molecular flexibility index (Phi) is 7.52. The Labute approximate surface area is 156 Å². The second-order valence-electron chi connectivity index (χ2n) is 6.17. The van der Waals surface area contributed by atoms with Gasteiger partial charge in [-0.3, -0.25) is 0 Å². The Hall–Kier alpha value is -1.79. The average molecular weight is 386 g/mol. The van der Waals surface area contributed by atoms with Crippen LogP contribution in [-0.4, -0.2) is 19.8 Å². The Morgan fingerprint density at radius 1 is 1.32 bits per heavy atom. The fraction of sp³-hybridized carbons (Fsp3) is 0.471. The molecule has 1 aliphatic carbocycles. The summed E-state index contributed by atoms with van der Waals surface area (Å²) in [7, 11) is 0. The van der Waals surface area contributed by atoms with Crippen molar-refractivity contribution in [1.82, 2.24) is 9.55 Å². The van der Waals surface area contributed by atoms with E-state index in [0.717, 1.165) is 11.6 Å². The Bertz CT molecular complexity index is 670. The van der Waals surface area contributed by atoms with E-state index in [2.05, 4.69) is 15.6 Å². The smallest absolute Gasteiger partial charge is 0.291 e. The van der Waals surface area contributed by atoms with Gasteiger partial charge in [-0.05, 0) is 36.5 Å². The monoisotopic (exact) mass is 385 g/mol. The third kappa shape index (κ3) is 6.21. The zero-order valence-electron chi connectivity index (χ0n) is 13.7. The van der Waals surface area contributed by atoms with E-state index in [1.807, 2.05) is 30.9 Å². The number of rotatable bonds is 4. The van der Waals surface area contributed by atoms with E-state index in [1.165, 1.54) is 37.7 Å². The van der Waals surface area contributed by atoms with Gasteiger partial charge in [0.1, 0.15) is 0 Å². The zero-order chi connectivity index (χ0) is 18.2. The fourth-order valence-electron chi connectivity index (χ4n) is 3.46. The molecule has 0 amide bonds. The number of nitrogens with zero attached hydrogens (tertiary/aromatic N) is 3. The third-order valence-electron chi connectivity index (χ3n) is 4.55. The molecular weight excluding hydrogens is 365 g/mol. The highest BCUT2D eigenvalue weighted by molar-refractivity contribution is 6.35. The molecule has 6 nitrogen and oxygen atoms in total. The Morgan fingerprint density at radius 3 is 2.56 bits per heavy atom. The molecule has 1 fully saturated rings. The van der Waals surface area contributed by atoms with Gasteiger partial charge in [-0.2, -0.15) is 0 Å². The van der Waals surface area contributed by atoms with Crippen LogP contribution in [0.25, 0.3) is 0 Å². The lowest BCUT2D eigenvalue weighted by molar-refractivity contribution is -0.742. The molecule has 1 saturated carbocycles. The van der Waals surface area contributed by atoms with Crippen molar-refractivity contribution in [1.29, 1.82) is 0 Å². The minimum Gasteiger partial charge on any atom is -0.337 e. The van der Waals surface area contributed by atoms with Crippen LogP contribution in [-0.2, 0) is 6.54 Å². The first kappa shape index (κ1) is 19.5. The number of hydrogen-bond donors (Lipinski definition) is 1. The molecule has 1 aromatic heterocycles. The van der Waals surface area contributed by atoms with Gasteiger partial charge >= 0.3 is 0 Å². The largest absolute Gasteiger partial charge is 0.337 e. The van der Waals surface area contributed by atoms with E-state index in [-0.39, 0.29) is 0 Å². The van der Waals surface area contributed by atoms with Crippen molar-refractivity contribution >= 4 is 23.2 Å². The van der Waals surface area contributed by atoms with Gasteiger partial charge < -0.3 is 9.77 Å². The molecule has 0 bridgehead atoms. The van der Waals surface area contributed by atoms with Crippen LogP contribution in [0.3, 0.4) is 0 Å². The number of benzene rings is 1. The van der Waals surface area contributed by atoms with E-state index in [4.69, 9.17) is 38.5 Å². The Balaban J connectivity index is 0.000000511. The van der Waals surface area contributed by atoms with Crippen LogP contribution >= 0.6 is 23.2 Å². The van der Waals surface area contributed by atoms with Gasteiger partial charge in [-0.25, -0.2) is 4.98 Å². The molecule has 136 valence electrons. The quantitative estimate of drug-likeness (QED) is 0.578. The highest BCUT2D eigenvalue weighted by atomic mass is 35.5. The second-order valence-corrected chi connectivity index (χ2v) is 7.01. The standard InChI is InChI=1S/C17H20Cl2N2.HNO3/c18-14-6-7-15(17(19)10-14)16(11-21-9-8-20-12-21)13-4-2-1-3-5-13;2-1(3)4/h6-10,12-13,16H,1-5,11H2;(H,2,3,4). The minimum absolute atomic E-state index is 0.435. The van der Waals surface area contributed by atoms with Crippen molar-refractivity contribution in [2.45, 2.75) is 44.6 Å². The normalized spacial score (nSPS) is 15.9. The summed E-state index contributed by atoms with van der Waals surface area (Å²) in [5, 5.41) is 15.1. The first-order chi connectivity index (χ1) is 12.0. The van der Waals surface area contributed by atoms with Crippen LogP contribution in [0.1, 0.15) is 43.6 Å². The predicted molar refractivity (Wildman–Crippen MR) is 96.8 cm³/mol. The molecule has 2 aromatic rings. The third-order valence-corrected chi connectivity index (χ3v) is 5.11. The summed E-state index contributed by atoms with van der Waals surface area (Å²) in [5.74, 6) is 1.13. The van der Waals surface area contributed by atoms with Gasteiger partial charge in [0.05, 0.1) is 6.33 Å². The lowest BCUT2D eigenvalue weighted by atomic mass is 9.76. The molecule has 3 rings (SSSR count). The molecular formula is C17H21Cl2N3O3. The lowest BCUT2D eigenvalue weighted by Gasteiger charge is -2.31. The first-order valence-corrected chi connectivity index (χ1v) is 8.97. The van der Waals surface area contributed by atoms with Crippen LogP contribution in [0.5, 0.6) is 0 Å². The highest BCUT2D eigenvalue weighted by Crippen LogP contribution is 2.40. The van der Waals surface area contributed by atoms with E-state index >= 15 is 0 Å². The van der Waals surface area contributed by atoms with Gasteiger partial charge in [-0.15, -0.1) is 10.1 Å². The van der Waals surface area contributed by atoms with Crippen molar-refractivity contribution in [3.05, 3.63) is 62.6 Å². The van der Waals surface area contributed by atoms with Gasteiger partial charge in [0.25, 0.3) is 5.09 Å². The van der Waals surface area contributed by atoms with Gasteiger partial charge in [0.15, 0.2) is 0 Å². The number of imidazole rings is 1. The van der Waals surface area contributed by atoms with E-state index < -0.39 is 5.09 Å². The molecule has 1 aliphatic rings. The molecule has 1 unspecified atom stereocenters. The molecule has 0 spiro atoms. The highest BCUT2D eigenvalue weighted by Gasteiger charge is 2.27. The van der Waals surface area contributed by atoms with E-state index in [0.29, 0.717) is 16.9 Å². The zero-order valence-corrected chi connectivity index (χ0v) is 15.2. The van der Waals surface area contributed by atoms with Crippen molar-refractivity contribution in [3.63, 3.8) is 0 Å². The number of aromatic nitrogens is 2. The van der Waals surface area contributed by atoms with E-state index in [9.17, 15) is 0 Å². The summed E-state index contributed by atoms with van der Waals surface area (Å²) in [5.41, 5.74) is 1.22. The maximum Gasteiger partial charge on any atom is 0.291 e. The summed E-state index contributed by atoms with van der Waals surface area (Å²) >= 11 is 12.5. The van der Waals surface area contributed by atoms with Crippen LogP contribution in [0.2, 0.25) is 10.0 Å². The summed E-state index contributed by atoms with van der Waals surface area (Å²) < 4.78 is 2.16. The predicted octanol–water partition coefficient (Wildman–Crippen LogP) is 5.21. The summed E-state index contributed by atoms with van der Waals surface area (Å²) in [4.78, 5) is 12.5. The molecule has 0 saturated heterocycles. The Morgan fingerprint density at radius 2 is 2.00 bits per heavy atom. The molecule has 25 heavy (non-hydrogen) atoms. The van der Waals surface area contributed by atoms with Gasteiger partial charge in [-0.1, -0.05) is 48.5 Å². The van der Waals surface area contributed by atoms with Crippen LogP contribution in [0, 0.1) is 16.0 Å². The first-order valence-electron chi connectivity index (χ1n) is 8.21. The van der Waals surface area contributed by atoms with Crippen molar-refractivity contribution in [2.75, 3.05) is 0 Å². The molecule has 0 aliphatic heterocycles. The second kappa shape index (κ2) is 9.63. The van der Waals surface area contributed by atoms with Crippen LogP contribution in [0.4, 0.5) is 0 Å². The van der Waals surface area contributed by atoms with Crippen molar-refractivity contribution in [2.24, 2.45) is 5.92 Å². The van der Waals surface area contributed by atoms with Crippen LogP contribution in [0.15, 0.2) is 36.9 Å². The lowest BCUT2D eigenvalue weighted by Crippen LogP contribution is -2.21. The minimum atomic E-state index is -1.50. The maximum atomic E-state index is 8.36. The van der Waals surface area contributed by atoms with Crippen molar-refractivity contribution in [3.8, 4) is 0 Å². The SMILES string of the molecule is Clc1ccc(C(Cn2ccnc2)C2CCCCC2)c(Cl)c1.O=[N+]([O-])O. The summed E-state index contributed by atoms with van der Waals surface area (Å²) in [6, 6.07) is 5.91. The topological polar surface area (TPSA) is 81.2 Å². The molecule has 1 aromatic carbocycles. The fourth-order valence-corrected chi connectivity index (χ4v) is 4.01. The summed E-state index contributed by atoms with van der Waals surface area (Å²) in [6.07, 6.45) is 12.4. The number of halogens is 2. The molecule has 8 heteroatoms. The maximum absolute atomic E-state index is 8.36. The van der Waals surface area contributed by atoms with Gasteiger partial charge in [0.2, 0.25) is 0 Å². The molecule has 0 radical (unpaired) electrons. The van der Waals surface area contributed by atoms with Crippen LogP contribution < -0.4 is 0 Å². The average Bonchev–Trinajstić information content (AvgIpc) is 3.07. The summed E-state index contributed by atoms with van der Waals surface area (Å²) in [6.45, 7) is 0.937. The van der Waals surface area contributed by atoms with Gasteiger partial charge in [0, 0.05) is 34.9 Å². The number of hydrogen-bond acceptors (Lipinski definition) is 3. The molecule has 1 atom stereocenters.